The summed E-state index contributed by atoms with van der Waals surface area (Å²) in [6.07, 6.45) is 1.31. The molecule has 0 aromatic heterocycles. The van der Waals surface area contributed by atoms with E-state index in [9.17, 15) is 0 Å². The number of hydrogen-bond donors (Lipinski definition) is 1. The van der Waals surface area contributed by atoms with E-state index in [0.29, 0.717) is 6.04 Å². The molecule has 0 heterocycles. The SMILES string of the molecule is COc1cccc([C@@H](C)NCC2CC2c2ccccc2)c1. The van der Waals surface area contributed by atoms with E-state index in [2.05, 4.69) is 60.8 Å². The fraction of sp³-hybridized carbons (Fsp3) is 0.368. The van der Waals surface area contributed by atoms with Gasteiger partial charge in [-0.1, -0.05) is 42.5 Å². The molecular formula is C19H23NO. The highest BCUT2D eigenvalue weighted by Crippen LogP contribution is 2.47. The fourth-order valence-corrected chi connectivity index (χ4v) is 2.94. The molecule has 0 radical (unpaired) electrons. The first kappa shape index (κ1) is 14.2. The zero-order valence-corrected chi connectivity index (χ0v) is 12.8. The average Bonchev–Trinajstić information content (AvgIpc) is 3.33. The van der Waals surface area contributed by atoms with Crippen LogP contribution in [-0.4, -0.2) is 13.7 Å². The molecule has 2 aromatic rings. The quantitative estimate of drug-likeness (QED) is 0.859. The Morgan fingerprint density at radius 3 is 2.71 bits per heavy atom. The number of nitrogens with one attached hydrogen (secondary N) is 1. The summed E-state index contributed by atoms with van der Waals surface area (Å²) in [6, 6.07) is 19.5. The molecule has 110 valence electrons. The Labute approximate surface area is 127 Å². The molecule has 21 heavy (non-hydrogen) atoms. The number of hydrogen-bond acceptors (Lipinski definition) is 2. The van der Waals surface area contributed by atoms with Gasteiger partial charge in [0.2, 0.25) is 0 Å². The van der Waals surface area contributed by atoms with Crippen molar-refractivity contribution in [3.05, 3.63) is 65.7 Å². The molecule has 0 bridgehead atoms. The highest BCUT2D eigenvalue weighted by Gasteiger charge is 2.37. The third kappa shape index (κ3) is 3.45. The van der Waals surface area contributed by atoms with Crippen LogP contribution in [0.25, 0.3) is 0 Å². The summed E-state index contributed by atoms with van der Waals surface area (Å²) >= 11 is 0. The van der Waals surface area contributed by atoms with Crippen LogP contribution in [0.15, 0.2) is 54.6 Å². The van der Waals surface area contributed by atoms with Gasteiger partial charge in [-0.3, -0.25) is 0 Å². The first-order valence-corrected chi connectivity index (χ1v) is 7.70. The monoisotopic (exact) mass is 281 g/mol. The Kier molecular flexibility index (Phi) is 4.26. The summed E-state index contributed by atoms with van der Waals surface area (Å²) in [5.74, 6) is 2.45. The van der Waals surface area contributed by atoms with Gasteiger partial charge in [0, 0.05) is 6.04 Å². The second kappa shape index (κ2) is 6.31. The van der Waals surface area contributed by atoms with Crippen LogP contribution in [-0.2, 0) is 0 Å². The molecule has 1 saturated carbocycles. The van der Waals surface area contributed by atoms with Crippen molar-refractivity contribution < 1.29 is 4.74 Å². The van der Waals surface area contributed by atoms with Gasteiger partial charge >= 0.3 is 0 Å². The van der Waals surface area contributed by atoms with Crippen molar-refractivity contribution in [2.75, 3.05) is 13.7 Å². The van der Waals surface area contributed by atoms with E-state index < -0.39 is 0 Å². The van der Waals surface area contributed by atoms with Gasteiger partial charge in [-0.2, -0.15) is 0 Å². The fourth-order valence-electron chi connectivity index (χ4n) is 2.94. The maximum Gasteiger partial charge on any atom is 0.119 e. The first-order valence-electron chi connectivity index (χ1n) is 7.70. The molecule has 1 aliphatic rings. The average molecular weight is 281 g/mol. The summed E-state index contributed by atoms with van der Waals surface area (Å²) in [5.41, 5.74) is 2.77. The maximum atomic E-state index is 5.29. The lowest BCUT2D eigenvalue weighted by molar-refractivity contribution is 0.413. The Morgan fingerprint density at radius 2 is 1.95 bits per heavy atom. The number of methoxy groups -OCH3 is 1. The molecule has 0 saturated heterocycles. The van der Waals surface area contributed by atoms with Crippen LogP contribution in [0.2, 0.25) is 0 Å². The lowest BCUT2D eigenvalue weighted by atomic mass is 10.1. The molecule has 1 aliphatic carbocycles. The van der Waals surface area contributed by atoms with E-state index in [4.69, 9.17) is 4.74 Å². The van der Waals surface area contributed by atoms with Crippen molar-refractivity contribution in [2.24, 2.45) is 5.92 Å². The molecule has 1 fully saturated rings. The first-order chi connectivity index (χ1) is 10.3. The van der Waals surface area contributed by atoms with Gasteiger partial charge in [0.15, 0.2) is 0 Å². The molecule has 2 aromatic carbocycles. The van der Waals surface area contributed by atoms with Crippen molar-refractivity contribution in [1.29, 1.82) is 0 Å². The predicted octanol–water partition coefficient (Wildman–Crippen LogP) is 4.15. The van der Waals surface area contributed by atoms with Crippen LogP contribution in [0, 0.1) is 5.92 Å². The summed E-state index contributed by atoms with van der Waals surface area (Å²) in [7, 11) is 1.71. The van der Waals surface area contributed by atoms with Crippen molar-refractivity contribution in [3.8, 4) is 5.75 Å². The van der Waals surface area contributed by atoms with Gasteiger partial charge in [0.25, 0.3) is 0 Å². The van der Waals surface area contributed by atoms with E-state index in [1.165, 1.54) is 17.5 Å². The minimum atomic E-state index is 0.358. The van der Waals surface area contributed by atoms with E-state index in [1.807, 2.05) is 6.07 Å². The topological polar surface area (TPSA) is 21.3 Å². The summed E-state index contributed by atoms with van der Waals surface area (Å²) in [4.78, 5) is 0. The van der Waals surface area contributed by atoms with Gasteiger partial charge in [-0.25, -0.2) is 0 Å². The molecule has 2 unspecified atom stereocenters. The van der Waals surface area contributed by atoms with Crippen LogP contribution < -0.4 is 10.1 Å². The zero-order valence-electron chi connectivity index (χ0n) is 12.8. The van der Waals surface area contributed by atoms with Gasteiger partial charge < -0.3 is 10.1 Å². The zero-order chi connectivity index (χ0) is 14.7. The molecular weight excluding hydrogens is 258 g/mol. The Morgan fingerprint density at radius 1 is 1.14 bits per heavy atom. The van der Waals surface area contributed by atoms with Crippen LogP contribution in [0.3, 0.4) is 0 Å². The highest BCUT2D eigenvalue weighted by atomic mass is 16.5. The van der Waals surface area contributed by atoms with E-state index in [1.54, 1.807) is 7.11 Å². The third-order valence-electron chi connectivity index (χ3n) is 4.43. The van der Waals surface area contributed by atoms with Crippen LogP contribution in [0.4, 0.5) is 0 Å². The Balaban J connectivity index is 1.52. The van der Waals surface area contributed by atoms with Crippen molar-refractivity contribution in [2.45, 2.75) is 25.3 Å². The highest BCUT2D eigenvalue weighted by molar-refractivity contribution is 5.30. The van der Waals surface area contributed by atoms with E-state index >= 15 is 0 Å². The van der Waals surface area contributed by atoms with E-state index in [-0.39, 0.29) is 0 Å². The lowest BCUT2D eigenvalue weighted by Gasteiger charge is -2.15. The van der Waals surface area contributed by atoms with Gasteiger partial charge in [0.1, 0.15) is 5.75 Å². The van der Waals surface area contributed by atoms with Crippen LogP contribution >= 0.6 is 0 Å². The van der Waals surface area contributed by atoms with Crippen LogP contribution in [0.1, 0.15) is 36.4 Å². The Bertz CT molecular complexity index is 581. The number of ether oxygens (including phenoxy) is 1. The summed E-state index contributed by atoms with van der Waals surface area (Å²) in [6.45, 7) is 3.30. The minimum absolute atomic E-state index is 0.358. The molecule has 0 amide bonds. The van der Waals surface area contributed by atoms with E-state index in [0.717, 1.165) is 24.1 Å². The largest absolute Gasteiger partial charge is 0.497 e. The van der Waals surface area contributed by atoms with Crippen molar-refractivity contribution in [1.82, 2.24) is 5.32 Å². The van der Waals surface area contributed by atoms with Gasteiger partial charge in [0.05, 0.1) is 7.11 Å². The van der Waals surface area contributed by atoms with Crippen molar-refractivity contribution in [3.63, 3.8) is 0 Å². The lowest BCUT2D eigenvalue weighted by Crippen LogP contribution is -2.21. The standard InChI is InChI=1S/C19H23NO/c1-14(16-9-6-10-18(11-16)21-2)20-13-17-12-19(17)15-7-4-3-5-8-15/h3-11,14,17,19-20H,12-13H2,1-2H3/t14-,17?,19?/m1/s1. The molecule has 0 aliphatic heterocycles. The van der Waals surface area contributed by atoms with Gasteiger partial charge in [-0.15, -0.1) is 0 Å². The normalized spacial score (nSPS) is 21.8. The van der Waals surface area contributed by atoms with Gasteiger partial charge in [-0.05, 0) is 55.0 Å². The minimum Gasteiger partial charge on any atom is -0.497 e. The molecule has 0 spiro atoms. The molecule has 2 heteroatoms. The van der Waals surface area contributed by atoms with Crippen LogP contribution in [0.5, 0.6) is 5.75 Å². The predicted molar refractivity (Wildman–Crippen MR) is 86.7 cm³/mol. The smallest absolute Gasteiger partial charge is 0.119 e. The molecule has 2 nitrogen and oxygen atoms in total. The number of rotatable bonds is 6. The summed E-state index contributed by atoms with van der Waals surface area (Å²) in [5, 5.41) is 3.66. The maximum absolute atomic E-state index is 5.29. The second-order valence-corrected chi connectivity index (χ2v) is 5.92. The Hall–Kier alpha value is -1.80. The number of benzene rings is 2. The molecule has 1 N–H and O–H groups in total. The molecule has 3 rings (SSSR count). The molecule has 3 atom stereocenters. The van der Waals surface area contributed by atoms with Crippen molar-refractivity contribution >= 4 is 0 Å². The third-order valence-corrected chi connectivity index (χ3v) is 4.43. The summed E-state index contributed by atoms with van der Waals surface area (Å²) < 4.78 is 5.29. The second-order valence-electron chi connectivity index (χ2n) is 5.92.